The van der Waals surface area contributed by atoms with Crippen LogP contribution in [0.15, 0.2) is 48.8 Å². The normalized spacial score (nSPS) is 10.0. The predicted molar refractivity (Wildman–Crippen MR) is 81.3 cm³/mol. The molecule has 2 aromatic rings. The molecule has 0 bridgehead atoms. The minimum absolute atomic E-state index is 0.0453. The molecule has 0 saturated carbocycles. The van der Waals surface area contributed by atoms with Crippen molar-refractivity contribution in [3.05, 3.63) is 59.4 Å². The van der Waals surface area contributed by atoms with Crippen LogP contribution < -0.4 is 5.32 Å². The number of aromatic nitrogens is 1. The van der Waals surface area contributed by atoms with E-state index in [-0.39, 0.29) is 18.4 Å². The van der Waals surface area contributed by atoms with Crippen LogP contribution in [0.2, 0.25) is 5.02 Å². The van der Waals surface area contributed by atoms with Gasteiger partial charge >= 0.3 is 0 Å². The molecule has 0 aliphatic rings. The number of anilines is 1. The lowest BCUT2D eigenvalue weighted by Gasteiger charge is -2.16. The summed E-state index contributed by atoms with van der Waals surface area (Å²) in [6.07, 6.45) is 3.06. The lowest BCUT2D eigenvalue weighted by molar-refractivity contribution is -0.116. The van der Waals surface area contributed by atoms with Crippen molar-refractivity contribution in [2.24, 2.45) is 0 Å². The average Bonchev–Trinajstić information content (AvgIpc) is 2.49. The highest BCUT2D eigenvalue weighted by Gasteiger charge is 2.14. The molecule has 1 heterocycles. The zero-order chi connectivity index (χ0) is 15.2. The van der Waals surface area contributed by atoms with E-state index >= 15 is 0 Å². The SMILES string of the molecule is CN(CC(=O)Nc1ccc(Cl)cc1)C(=O)c1cccnc1. The minimum Gasteiger partial charge on any atom is -0.332 e. The zero-order valence-electron chi connectivity index (χ0n) is 11.4. The molecule has 6 heteroatoms. The number of rotatable bonds is 4. The maximum atomic E-state index is 12.1. The number of halogens is 1. The van der Waals surface area contributed by atoms with Crippen molar-refractivity contribution >= 4 is 29.1 Å². The lowest BCUT2D eigenvalue weighted by Crippen LogP contribution is -2.34. The molecule has 0 spiro atoms. The Labute approximate surface area is 127 Å². The summed E-state index contributed by atoms with van der Waals surface area (Å²) in [6.45, 7) is -0.0453. The Kier molecular flexibility index (Phi) is 4.90. The Morgan fingerprint density at radius 2 is 1.95 bits per heavy atom. The van der Waals surface area contributed by atoms with E-state index in [0.717, 1.165) is 0 Å². The van der Waals surface area contributed by atoms with E-state index in [1.165, 1.54) is 11.1 Å². The van der Waals surface area contributed by atoms with Crippen molar-refractivity contribution in [2.45, 2.75) is 0 Å². The molecule has 0 aliphatic carbocycles. The van der Waals surface area contributed by atoms with E-state index in [1.54, 1.807) is 49.6 Å². The van der Waals surface area contributed by atoms with Crippen molar-refractivity contribution in [1.29, 1.82) is 0 Å². The van der Waals surface area contributed by atoms with Crippen LogP contribution in [-0.2, 0) is 4.79 Å². The van der Waals surface area contributed by atoms with Gasteiger partial charge in [0.1, 0.15) is 0 Å². The second kappa shape index (κ2) is 6.85. The van der Waals surface area contributed by atoms with Gasteiger partial charge in [0.15, 0.2) is 0 Å². The van der Waals surface area contributed by atoms with Gasteiger partial charge in [0.05, 0.1) is 12.1 Å². The molecule has 0 aliphatic heterocycles. The smallest absolute Gasteiger partial charge is 0.255 e. The third-order valence-corrected chi connectivity index (χ3v) is 3.02. The summed E-state index contributed by atoms with van der Waals surface area (Å²) >= 11 is 5.77. The first kappa shape index (κ1) is 15.0. The maximum Gasteiger partial charge on any atom is 0.255 e. The second-order valence-electron chi connectivity index (χ2n) is 4.46. The fraction of sp³-hybridized carbons (Fsp3) is 0.133. The average molecular weight is 304 g/mol. The highest BCUT2D eigenvalue weighted by Crippen LogP contribution is 2.13. The van der Waals surface area contributed by atoms with Gasteiger partial charge in [-0.1, -0.05) is 11.6 Å². The number of benzene rings is 1. The Balaban J connectivity index is 1.93. The number of nitrogens with zero attached hydrogens (tertiary/aromatic N) is 2. The Hall–Kier alpha value is -2.40. The monoisotopic (exact) mass is 303 g/mol. The van der Waals surface area contributed by atoms with Crippen LogP contribution in [0.25, 0.3) is 0 Å². The van der Waals surface area contributed by atoms with Crippen LogP contribution >= 0.6 is 11.6 Å². The van der Waals surface area contributed by atoms with Crippen LogP contribution in [0.5, 0.6) is 0 Å². The standard InChI is InChI=1S/C15H14ClN3O2/c1-19(15(21)11-3-2-8-17-9-11)10-14(20)18-13-6-4-12(16)5-7-13/h2-9H,10H2,1H3,(H,18,20). The molecule has 0 unspecified atom stereocenters. The first-order valence-electron chi connectivity index (χ1n) is 6.27. The second-order valence-corrected chi connectivity index (χ2v) is 4.89. The fourth-order valence-electron chi connectivity index (χ4n) is 1.73. The van der Waals surface area contributed by atoms with E-state index < -0.39 is 0 Å². The molecule has 1 aromatic carbocycles. The Bertz CT molecular complexity index is 629. The molecule has 2 rings (SSSR count). The molecule has 1 aromatic heterocycles. The van der Waals surface area contributed by atoms with Crippen molar-refractivity contribution < 1.29 is 9.59 Å². The van der Waals surface area contributed by atoms with Crippen molar-refractivity contribution in [3.63, 3.8) is 0 Å². The number of carbonyl (C=O) groups is 2. The molecular formula is C15H14ClN3O2. The quantitative estimate of drug-likeness (QED) is 0.943. The summed E-state index contributed by atoms with van der Waals surface area (Å²) in [6, 6.07) is 10.1. The van der Waals surface area contributed by atoms with Crippen LogP contribution in [0, 0.1) is 0 Å². The van der Waals surface area contributed by atoms with Crippen LogP contribution in [-0.4, -0.2) is 35.3 Å². The van der Waals surface area contributed by atoms with Crippen molar-refractivity contribution in [1.82, 2.24) is 9.88 Å². The summed E-state index contributed by atoms with van der Waals surface area (Å²) in [5.41, 5.74) is 1.07. The van der Waals surface area contributed by atoms with Crippen LogP contribution in [0.1, 0.15) is 10.4 Å². The van der Waals surface area contributed by atoms with E-state index in [1.807, 2.05) is 0 Å². The fourth-order valence-corrected chi connectivity index (χ4v) is 1.86. The van der Waals surface area contributed by atoms with Gasteiger partial charge in [0.2, 0.25) is 5.91 Å². The van der Waals surface area contributed by atoms with E-state index in [9.17, 15) is 9.59 Å². The third kappa shape index (κ3) is 4.29. The van der Waals surface area contributed by atoms with E-state index in [0.29, 0.717) is 16.3 Å². The highest BCUT2D eigenvalue weighted by atomic mass is 35.5. The summed E-state index contributed by atoms with van der Waals surface area (Å²) in [5.74, 6) is -0.536. The Morgan fingerprint density at radius 3 is 2.57 bits per heavy atom. The molecule has 0 saturated heterocycles. The first-order chi connectivity index (χ1) is 10.1. The number of likely N-dealkylation sites (N-methyl/N-ethyl adjacent to an activating group) is 1. The van der Waals surface area contributed by atoms with Crippen molar-refractivity contribution in [2.75, 3.05) is 18.9 Å². The molecule has 0 fully saturated rings. The molecular weight excluding hydrogens is 290 g/mol. The van der Waals surface area contributed by atoms with E-state index in [4.69, 9.17) is 11.6 Å². The molecule has 0 radical (unpaired) electrons. The minimum atomic E-state index is -0.280. The van der Waals surface area contributed by atoms with Gasteiger partial charge < -0.3 is 10.2 Å². The third-order valence-electron chi connectivity index (χ3n) is 2.76. The largest absolute Gasteiger partial charge is 0.332 e. The first-order valence-corrected chi connectivity index (χ1v) is 6.65. The molecule has 5 nitrogen and oxygen atoms in total. The predicted octanol–water partition coefficient (Wildman–Crippen LogP) is 2.45. The van der Waals surface area contributed by atoms with Crippen LogP contribution in [0.3, 0.4) is 0 Å². The zero-order valence-corrected chi connectivity index (χ0v) is 12.2. The van der Waals surface area contributed by atoms with Gasteiger partial charge in [-0.05, 0) is 36.4 Å². The van der Waals surface area contributed by atoms with Gasteiger partial charge in [-0.2, -0.15) is 0 Å². The summed E-state index contributed by atoms with van der Waals surface area (Å²) in [4.78, 5) is 29.2. The number of amides is 2. The number of hydrogen-bond acceptors (Lipinski definition) is 3. The summed E-state index contributed by atoms with van der Waals surface area (Å²) in [7, 11) is 1.57. The van der Waals surface area contributed by atoms with E-state index in [2.05, 4.69) is 10.3 Å². The highest BCUT2D eigenvalue weighted by molar-refractivity contribution is 6.30. The molecule has 0 atom stereocenters. The maximum absolute atomic E-state index is 12.1. The summed E-state index contributed by atoms with van der Waals surface area (Å²) < 4.78 is 0. The van der Waals surface area contributed by atoms with Gasteiger partial charge in [0, 0.05) is 30.2 Å². The topological polar surface area (TPSA) is 62.3 Å². The molecule has 108 valence electrons. The number of pyridine rings is 1. The van der Waals surface area contributed by atoms with Gasteiger partial charge in [-0.25, -0.2) is 0 Å². The number of nitrogens with one attached hydrogen (secondary N) is 1. The lowest BCUT2D eigenvalue weighted by atomic mass is 10.2. The summed E-state index contributed by atoms with van der Waals surface area (Å²) in [5, 5.41) is 3.29. The van der Waals surface area contributed by atoms with Gasteiger partial charge in [-0.3, -0.25) is 14.6 Å². The number of carbonyl (C=O) groups excluding carboxylic acids is 2. The molecule has 21 heavy (non-hydrogen) atoms. The van der Waals surface area contributed by atoms with Crippen molar-refractivity contribution in [3.8, 4) is 0 Å². The molecule has 1 N–H and O–H groups in total. The number of hydrogen-bond donors (Lipinski definition) is 1. The Morgan fingerprint density at radius 1 is 1.24 bits per heavy atom. The molecule has 2 amide bonds. The van der Waals surface area contributed by atoms with Gasteiger partial charge in [0.25, 0.3) is 5.91 Å². The van der Waals surface area contributed by atoms with Gasteiger partial charge in [-0.15, -0.1) is 0 Å². The van der Waals surface area contributed by atoms with Crippen LogP contribution in [0.4, 0.5) is 5.69 Å².